The molecule has 0 aliphatic heterocycles. The average molecular weight is 280 g/mol. The predicted octanol–water partition coefficient (Wildman–Crippen LogP) is 1.09. The Morgan fingerprint density at radius 3 is 2.30 bits per heavy atom. The highest BCUT2D eigenvalue weighted by Gasteiger charge is 2.34. The number of anilines is 3. The molecule has 2 rings (SSSR count). The van der Waals surface area contributed by atoms with Gasteiger partial charge in [0.15, 0.2) is 0 Å². The van der Waals surface area contributed by atoms with Crippen molar-refractivity contribution in [2.24, 2.45) is 0 Å². The normalized spacial score (nSPS) is 16.4. The van der Waals surface area contributed by atoms with E-state index in [0.717, 1.165) is 32.2 Å². The van der Waals surface area contributed by atoms with E-state index in [9.17, 15) is 5.11 Å². The lowest BCUT2D eigenvalue weighted by Crippen LogP contribution is -2.43. The van der Waals surface area contributed by atoms with Crippen LogP contribution in [-0.4, -0.2) is 52.8 Å². The lowest BCUT2D eigenvalue weighted by Gasteiger charge is -2.36. The first-order chi connectivity index (χ1) is 9.52. The first kappa shape index (κ1) is 14.8. The molecule has 1 aliphatic rings. The van der Waals surface area contributed by atoms with Gasteiger partial charge in [-0.15, -0.1) is 0 Å². The van der Waals surface area contributed by atoms with Gasteiger partial charge in [-0.25, -0.2) is 0 Å². The lowest BCUT2D eigenvalue weighted by molar-refractivity contribution is -0.0203. The van der Waals surface area contributed by atoms with Gasteiger partial charge in [0.05, 0.1) is 5.60 Å². The van der Waals surface area contributed by atoms with E-state index >= 15 is 0 Å². The van der Waals surface area contributed by atoms with Crippen LogP contribution < -0.4 is 15.5 Å². The maximum Gasteiger partial charge on any atom is 0.231 e. The molecule has 0 aromatic carbocycles. The minimum Gasteiger partial charge on any atom is -0.388 e. The van der Waals surface area contributed by atoms with Gasteiger partial charge in [0, 0.05) is 27.2 Å². The second-order valence-electron chi connectivity index (χ2n) is 5.54. The highest BCUT2D eigenvalue weighted by atomic mass is 16.3. The Kier molecular flexibility index (Phi) is 4.59. The first-order valence-corrected chi connectivity index (χ1v) is 7.16. The van der Waals surface area contributed by atoms with Gasteiger partial charge in [0.1, 0.15) is 0 Å². The Hall–Kier alpha value is -1.63. The maximum atomic E-state index is 10.1. The van der Waals surface area contributed by atoms with Gasteiger partial charge in [-0.2, -0.15) is 15.0 Å². The fourth-order valence-electron chi connectivity index (χ4n) is 1.96. The van der Waals surface area contributed by atoms with Crippen molar-refractivity contribution in [3.05, 3.63) is 0 Å². The number of nitrogens with one attached hydrogen (secondary N) is 2. The summed E-state index contributed by atoms with van der Waals surface area (Å²) in [6.45, 7) is 3.39. The van der Waals surface area contributed by atoms with E-state index in [2.05, 4.69) is 32.5 Å². The molecule has 0 amide bonds. The molecule has 0 saturated heterocycles. The van der Waals surface area contributed by atoms with E-state index in [-0.39, 0.29) is 0 Å². The molecule has 7 nitrogen and oxygen atoms in total. The average Bonchev–Trinajstić information content (AvgIpc) is 2.40. The van der Waals surface area contributed by atoms with Crippen molar-refractivity contribution in [2.75, 3.05) is 42.7 Å². The van der Waals surface area contributed by atoms with Crippen LogP contribution >= 0.6 is 0 Å². The van der Waals surface area contributed by atoms with Crippen LogP contribution in [0.15, 0.2) is 0 Å². The molecule has 1 fully saturated rings. The van der Waals surface area contributed by atoms with Crippen molar-refractivity contribution >= 4 is 17.8 Å². The molecule has 0 atom stereocenters. The monoisotopic (exact) mass is 280 g/mol. The van der Waals surface area contributed by atoms with Crippen LogP contribution in [0.5, 0.6) is 0 Å². The smallest absolute Gasteiger partial charge is 0.231 e. The molecule has 3 N–H and O–H groups in total. The highest BCUT2D eigenvalue weighted by molar-refractivity contribution is 5.43. The van der Waals surface area contributed by atoms with E-state index < -0.39 is 5.60 Å². The minimum absolute atomic E-state index is 0.483. The fourth-order valence-corrected chi connectivity index (χ4v) is 1.96. The molecule has 1 aromatic rings. The van der Waals surface area contributed by atoms with Gasteiger partial charge in [0.2, 0.25) is 17.8 Å². The summed E-state index contributed by atoms with van der Waals surface area (Å²) in [6, 6.07) is 0. The van der Waals surface area contributed by atoms with Gasteiger partial charge >= 0.3 is 0 Å². The summed E-state index contributed by atoms with van der Waals surface area (Å²) in [5.74, 6) is 1.66. The van der Waals surface area contributed by atoms with Gasteiger partial charge in [0.25, 0.3) is 0 Å². The molecule has 20 heavy (non-hydrogen) atoms. The van der Waals surface area contributed by atoms with Crippen LogP contribution in [-0.2, 0) is 0 Å². The number of aliphatic hydroxyl groups is 1. The first-order valence-electron chi connectivity index (χ1n) is 7.16. The Bertz CT molecular complexity index is 446. The van der Waals surface area contributed by atoms with Crippen LogP contribution in [0.1, 0.15) is 32.6 Å². The number of hydrogen-bond donors (Lipinski definition) is 3. The summed E-state index contributed by atoms with van der Waals surface area (Å²) >= 11 is 0. The number of nitrogens with zero attached hydrogens (tertiary/aromatic N) is 4. The molecular formula is C13H24N6O. The SMILES string of the molecule is CCCNc1nc(NCC2(O)CCC2)nc(N(C)C)n1. The predicted molar refractivity (Wildman–Crippen MR) is 80.2 cm³/mol. The van der Waals surface area contributed by atoms with E-state index in [1.54, 1.807) is 0 Å². The molecule has 1 aliphatic carbocycles. The molecule has 0 unspecified atom stereocenters. The third kappa shape index (κ3) is 3.69. The zero-order valence-electron chi connectivity index (χ0n) is 12.5. The molecular weight excluding hydrogens is 256 g/mol. The zero-order chi connectivity index (χ0) is 14.6. The third-order valence-electron chi connectivity index (χ3n) is 3.42. The number of hydrogen-bond acceptors (Lipinski definition) is 7. The van der Waals surface area contributed by atoms with Crippen LogP contribution in [0.3, 0.4) is 0 Å². The van der Waals surface area contributed by atoms with Crippen molar-refractivity contribution in [1.82, 2.24) is 15.0 Å². The summed E-state index contributed by atoms with van der Waals surface area (Å²) in [5, 5.41) is 16.4. The van der Waals surface area contributed by atoms with E-state index in [0.29, 0.717) is 24.4 Å². The summed E-state index contributed by atoms with van der Waals surface area (Å²) in [4.78, 5) is 14.9. The summed E-state index contributed by atoms with van der Waals surface area (Å²) < 4.78 is 0. The quantitative estimate of drug-likeness (QED) is 0.689. The summed E-state index contributed by atoms with van der Waals surface area (Å²) in [5.41, 5.74) is -0.595. The second kappa shape index (κ2) is 6.21. The molecule has 1 saturated carbocycles. The van der Waals surface area contributed by atoms with Crippen molar-refractivity contribution in [2.45, 2.75) is 38.2 Å². The van der Waals surface area contributed by atoms with Crippen molar-refractivity contribution < 1.29 is 5.11 Å². The summed E-state index contributed by atoms with van der Waals surface area (Å²) in [7, 11) is 3.78. The van der Waals surface area contributed by atoms with Crippen LogP contribution in [0.4, 0.5) is 17.8 Å². The Morgan fingerprint density at radius 2 is 1.80 bits per heavy atom. The third-order valence-corrected chi connectivity index (χ3v) is 3.42. The summed E-state index contributed by atoms with van der Waals surface area (Å²) in [6.07, 6.45) is 3.77. The lowest BCUT2D eigenvalue weighted by atomic mass is 9.80. The standard InChI is InChI=1S/C13H24N6O/c1-4-8-14-10-16-11(18-12(17-10)19(2)3)15-9-13(20)6-5-7-13/h20H,4-9H2,1-3H3,(H2,14,15,16,17,18). The zero-order valence-corrected chi connectivity index (χ0v) is 12.5. The van der Waals surface area contributed by atoms with Crippen molar-refractivity contribution in [3.8, 4) is 0 Å². The topological polar surface area (TPSA) is 86.2 Å². The van der Waals surface area contributed by atoms with E-state index in [4.69, 9.17) is 0 Å². The van der Waals surface area contributed by atoms with Crippen LogP contribution in [0.2, 0.25) is 0 Å². The Balaban J connectivity index is 2.07. The largest absolute Gasteiger partial charge is 0.388 e. The molecule has 112 valence electrons. The van der Waals surface area contributed by atoms with Gasteiger partial charge < -0.3 is 20.6 Å². The van der Waals surface area contributed by atoms with E-state index in [1.165, 1.54) is 0 Å². The minimum atomic E-state index is -0.595. The number of rotatable bonds is 7. The fraction of sp³-hybridized carbons (Fsp3) is 0.769. The maximum absolute atomic E-state index is 10.1. The van der Waals surface area contributed by atoms with Crippen molar-refractivity contribution in [1.29, 1.82) is 0 Å². The molecule has 0 spiro atoms. The second-order valence-corrected chi connectivity index (χ2v) is 5.54. The van der Waals surface area contributed by atoms with Gasteiger partial charge in [-0.05, 0) is 25.7 Å². The van der Waals surface area contributed by atoms with Gasteiger partial charge in [-0.1, -0.05) is 6.92 Å². The molecule has 1 heterocycles. The van der Waals surface area contributed by atoms with Crippen LogP contribution in [0.25, 0.3) is 0 Å². The molecule has 7 heteroatoms. The van der Waals surface area contributed by atoms with Gasteiger partial charge in [-0.3, -0.25) is 0 Å². The van der Waals surface area contributed by atoms with Crippen molar-refractivity contribution in [3.63, 3.8) is 0 Å². The van der Waals surface area contributed by atoms with Crippen LogP contribution in [0, 0.1) is 0 Å². The number of aromatic nitrogens is 3. The molecule has 0 bridgehead atoms. The molecule has 1 aromatic heterocycles. The Labute approximate surface area is 119 Å². The molecule has 0 radical (unpaired) electrons. The highest BCUT2D eigenvalue weighted by Crippen LogP contribution is 2.31. The Morgan fingerprint density at radius 1 is 1.15 bits per heavy atom. The van der Waals surface area contributed by atoms with E-state index in [1.807, 2.05) is 19.0 Å².